The van der Waals surface area contributed by atoms with Gasteiger partial charge in [-0.2, -0.15) is 5.10 Å². The Kier molecular flexibility index (Phi) is 10.2. The number of ether oxygens (including phenoxy) is 3. The van der Waals surface area contributed by atoms with E-state index in [2.05, 4.69) is 15.8 Å². The lowest BCUT2D eigenvalue weighted by Gasteiger charge is -2.11. The number of carbonyl (C=O) groups is 3. The third-order valence-corrected chi connectivity index (χ3v) is 7.68. The first-order chi connectivity index (χ1) is 21.1. The molecule has 0 saturated carbocycles. The predicted octanol–water partition coefficient (Wildman–Crippen LogP) is 4.90. The summed E-state index contributed by atoms with van der Waals surface area (Å²) in [6.07, 6.45) is 5.60. The number of hydrogen-bond acceptors (Lipinski definition) is 12. The number of rotatable bonds is 10. The highest BCUT2D eigenvalue weighted by atomic mass is 32.1. The summed E-state index contributed by atoms with van der Waals surface area (Å²) in [6, 6.07) is 7.32. The molecule has 0 unspecified atom stereocenters. The Bertz CT molecular complexity index is 1650. The highest BCUT2D eigenvalue weighted by Gasteiger charge is 2.28. The van der Waals surface area contributed by atoms with Crippen LogP contribution in [0.3, 0.4) is 0 Å². The number of benzene rings is 2. The van der Waals surface area contributed by atoms with Crippen molar-refractivity contribution in [3.05, 3.63) is 78.2 Å². The van der Waals surface area contributed by atoms with E-state index in [-0.39, 0.29) is 34.4 Å². The summed E-state index contributed by atoms with van der Waals surface area (Å²) in [5, 5.41) is 29.0. The van der Waals surface area contributed by atoms with E-state index in [4.69, 9.17) is 14.2 Å². The zero-order valence-corrected chi connectivity index (χ0v) is 24.4. The van der Waals surface area contributed by atoms with Crippen molar-refractivity contribution in [1.29, 1.82) is 0 Å². The average Bonchev–Trinajstić information content (AvgIpc) is 3.17. The molecule has 4 rings (SSSR count). The normalized spacial score (nSPS) is 12.5. The van der Waals surface area contributed by atoms with Crippen molar-refractivity contribution < 1.29 is 38.4 Å². The molecule has 2 aromatic carbocycles. The van der Waals surface area contributed by atoms with Crippen LogP contribution in [0.2, 0.25) is 0 Å². The Morgan fingerprint density at radius 2 is 1.73 bits per heavy atom. The number of methoxy groups -OCH3 is 1. The molecular formula is C28H27N5O10S. The molecular weight excluding hydrogens is 598 g/mol. The van der Waals surface area contributed by atoms with Gasteiger partial charge in [-0.25, -0.2) is 10.2 Å². The lowest BCUT2D eigenvalue weighted by molar-refractivity contribution is -0.394. The first-order valence-electron chi connectivity index (χ1n) is 13.4. The monoisotopic (exact) mass is 625 g/mol. The number of hydrogen-bond donors (Lipinski definition) is 2. The molecule has 0 atom stereocenters. The summed E-state index contributed by atoms with van der Waals surface area (Å²) in [5.74, 6) is -2.68. The number of fused-ring (bicyclic) bond motifs is 1. The maximum absolute atomic E-state index is 12.7. The molecule has 1 aliphatic rings. The van der Waals surface area contributed by atoms with Gasteiger partial charge >= 0.3 is 23.5 Å². The molecule has 1 heterocycles. The van der Waals surface area contributed by atoms with Crippen LogP contribution in [-0.4, -0.2) is 47.6 Å². The molecule has 230 valence electrons. The van der Waals surface area contributed by atoms with Gasteiger partial charge in [0.15, 0.2) is 11.5 Å². The maximum atomic E-state index is 12.7. The van der Waals surface area contributed by atoms with Crippen LogP contribution in [-0.2, 0) is 27.2 Å². The summed E-state index contributed by atoms with van der Waals surface area (Å²) in [7, 11) is 1.33. The van der Waals surface area contributed by atoms with Crippen molar-refractivity contribution in [2.24, 2.45) is 5.10 Å². The summed E-state index contributed by atoms with van der Waals surface area (Å²) in [5.41, 5.74) is 2.59. The number of amides is 2. The van der Waals surface area contributed by atoms with Crippen LogP contribution in [0.1, 0.15) is 52.5 Å². The number of anilines is 1. The van der Waals surface area contributed by atoms with E-state index in [9.17, 15) is 34.6 Å². The minimum Gasteiger partial charge on any atom is -0.493 e. The third-order valence-electron chi connectivity index (χ3n) is 6.47. The Balaban J connectivity index is 1.44. The quantitative estimate of drug-likeness (QED) is 0.0779. The minimum absolute atomic E-state index is 0.0665. The SMILES string of the molecule is CCOC(=O)c1c(NC(=O)C(=O)N/N=C/c2ccc(Oc3ccc([N+](=O)[O-])cc3[N+](=O)[O-])c(OC)c2)sc2c1CCCCC2. The lowest BCUT2D eigenvalue weighted by Crippen LogP contribution is -2.32. The maximum Gasteiger partial charge on any atom is 0.341 e. The average molecular weight is 626 g/mol. The fraction of sp³-hybridized carbons (Fsp3) is 0.286. The number of nitro groups is 2. The molecule has 44 heavy (non-hydrogen) atoms. The molecule has 15 nitrogen and oxygen atoms in total. The van der Waals surface area contributed by atoms with Crippen LogP contribution < -0.4 is 20.2 Å². The second-order valence-electron chi connectivity index (χ2n) is 9.32. The largest absolute Gasteiger partial charge is 0.493 e. The predicted molar refractivity (Wildman–Crippen MR) is 159 cm³/mol. The van der Waals surface area contributed by atoms with Crippen LogP contribution in [0.4, 0.5) is 16.4 Å². The number of nitro benzene ring substituents is 2. The molecule has 1 aliphatic carbocycles. The number of aryl methyl sites for hydroxylation is 1. The number of hydrazone groups is 1. The molecule has 3 aromatic rings. The number of non-ortho nitro benzene ring substituents is 1. The molecule has 0 radical (unpaired) electrons. The van der Waals surface area contributed by atoms with Gasteiger partial charge < -0.3 is 19.5 Å². The van der Waals surface area contributed by atoms with E-state index in [1.165, 1.54) is 42.9 Å². The first-order valence-corrected chi connectivity index (χ1v) is 14.2. The fourth-order valence-corrected chi connectivity index (χ4v) is 5.71. The summed E-state index contributed by atoms with van der Waals surface area (Å²) >= 11 is 1.26. The molecule has 16 heteroatoms. The minimum atomic E-state index is -1.07. The summed E-state index contributed by atoms with van der Waals surface area (Å²) < 4.78 is 16.1. The summed E-state index contributed by atoms with van der Waals surface area (Å²) in [6.45, 7) is 1.86. The fourth-order valence-electron chi connectivity index (χ4n) is 4.44. The molecule has 0 saturated heterocycles. The van der Waals surface area contributed by atoms with E-state index in [1.54, 1.807) is 6.92 Å². The van der Waals surface area contributed by atoms with Crippen LogP contribution in [0.15, 0.2) is 41.5 Å². The van der Waals surface area contributed by atoms with Crippen LogP contribution in [0.5, 0.6) is 17.2 Å². The molecule has 2 N–H and O–H groups in total. The molecule has 2 amide bonds. The van der Waals surface area contributed by atoms with Gasteiger partial charge in [0.25, 0.3) is 5.69 Å². The number of nitrogens with zero attached hydrogens (tertiary/aromatic N) is 3. The van der Waals surface area contributed by atoms with Gasteiger partial charge in [-0.15, -0.1) is 11.3 Å². The standard InChI is InChI=1S/C28H27N5O10S/c1-3-42-28(36)24-18-7-5-4-6-8-23(18)44-27(24)30-25(34)26(35)31-29-15-16-9-11-21(22(13-16)41-2)43-20-12-10-17(32(37)38)14-19(20)33(39)40/h9-15H,3-8H2,1-2H3,(H,30,34)(H,31,35)/b29-15+. The van der Waals surface area contributed by atoms with E-state index >= 15 is 0 Å². The van der Waals surface area contributed by atoms with Gasteiger partial charge in [-0.3, -0.25) is 29.8 Å². The van der Waals surface area contributed by atoms with Gasteiger partial charge in [0.2, 0.25) is 5.75 Å². The van der Waals surface area contributed by atoms with Crippen LogP contribution in [0, 0.1) is 20.2 Å². The Morgan fingerprint density at radius 1 is 0.977 bits per heavy atom. The molecule has 0 spiro atoms. The Morgan fingerprint density at radius 3 is 2.43 bits per heavy atom. The second kappa shape index (κ2) is 14.2. The Labute approximate surface area is 254 Å². The smallest absolute Gasteiger partial charge is 0.341 e. The van der Waals surface area contributed by atoms with Crippen molar-refractivity contribution in [3.63, 3.8) is 0 Å². The molecule has 1 aromatic heterocycles. The number of thiophene rings is 1. The van der Waals surface area contributed by atoms with Gasteiger partial charge in [-0.05, 0) is 68.0 Å². The van der Waals surface area contributed by atoms with Crippen LogP contribution >= 0.6 is 11.3 Å². The van der Waals surface area contributed by atoms with Crippen molar-refractivity contribution in [2.75, 3.05) is 19.0 Å². The van der Waals surface area contributed by atoms with Crippen molar-refractivity contribution >= 4 is 51.7 Å². The van der Waals surface area contributed by atoms with Crippen molar-refractivity contribution in [3.8, 4) is 17.2 Å². The number of esters is 1. The molecule has 0 bridgehead atoms. The zero-order chi connectivity index (χ0) is 31.8. The van der Waals surface area contributed by atoms with Gasteiger partial charge in [-0.1, -0.05) is 6.42 Å². The van der Waals surface area contributed by atoms with Gasteiger partial charge in [0.05, 0.1) is 41.4 Å². The number of carbonyl (C=O) groups excluding carboxylic acids is 3. The van der Waals surface area contributed by atoms with Crippen molar-refractivity contribution in [1.82, 2.24) is 5.43 Å². The highest BCUT2D eigenvalue weighted by molar-refractivity contribution is 7.17. The van der Waals surface area contributed by atoms with E-state index in [0.717, 1.165) is 54.3 Å². The van der Waals surface area contributed by atoms with E-state index in [1.807, 2.05) is 0 Å². The van der Waals surface area contributed by atoms with Gasteiger partial charge in [0.1, 0.15) is 5.00 Å². The third kappa shape index (κ3) is 7.33. The van der Waals surface area contributed by atoms with Crippen LogP contribution in [0.25, 0.3) is 0 Å². The lowest BCUT2D eigenvalue weighted by atomic mass is 10.1. The first kappa shape index (κ1) is 31.6. The Hall–Kier alpha value is -5.38. The van der Waals surface area contributed by atoms with E-state index < -0.39 is 39.0 Å². The zero-order valence-electron chi connectivity index (χ0n) is 23.6. The van der Waals surface area contributed by atoms with Crippen molar-refractivity contribution in [2.45, 2.75) is 39.0 Å². The topological polar surface area (TPSA) is 202 Å². The molecule has 0 fully saturated rings. The summed E-state index contributed by atoms with van der Waals surface area (Å²) in [4.78, 5) is 59.7. The number of nitrogens with one attached hydrogen (secondary N) is 2. The second-order valence-corrected chi connectivity index (χ2v) is 10.4. The van der Waals surface area contributed by atoms with Gasteiger partial charge in [0, 0.05) is 10.9 Å². The van der Waals surface area contributed by atoms with E-state index in [0.29, 0.717) is 12.0 Å². The molecule has 0 aliphatic heterocycles. The highest BCUT2D eigenvalue weighted by Crippen LogP contribution is 2.39.